The Morgan fingerprint density at radius 2 is 1.76 bits per heavy atom. The molecule has 1 saturated heterocycles. The zero-order chi connectivity index (χ0) is 20.8. The summed E-state index contributed by atoms with van der Waals surface area (Å²) in [6.07, 6.45) is 0.649. The van der Waals surface area contributed by atoms with Crippen LogP contribution in [0, 0.1) is 11.7 Å². The first-order valence-electron chi connectivity index (χ1n) is 9.74. The van der Waals surface area contributed by atoms with Crippen LogP contribution < -0.4 is 10.2 Å². The zero-order valence-corrected chi connectivity index (χ0v) is 18.0. The zero-order valence-electron chi connectivity index (χ0n) is 16.4. The van der Waals surface area contributed by atoms with Crippen LogP contribution in [-0.4, -0.2) is 42.9 Å². The van der Waals surface area contributed by atoms with E-state index in [0.29, 0.717) is 25.9 Å². The molecule has 29 heavy (non-hydrogen) atoms. The van der Waals surface area contributed by atoms with Crippen LogP contribution in [0.3, 0.4) is 0 Å². The second kappa shape index (κ2) is 9.87. The molecule has 154 valence electrons. The quantitative estimate of drug-likeness (QED) is 0.697. The van der Waals surface area contributed by atoms with E-state index in [0.717, 1.165) is 28.9 Å². The van der Waals surface area contributed by atoms with Crippen LogP contribution in [0.4, 0.5) is 15.8 Å². The van der Waals surface area contributed by atoms with Gasteiger partial charge >= 0.3 is 0 Å². The molecule has 5 nitrogen and oxygen atoms in total. The summed E-state index contributed by atoms with van der Waals surface area (Å²) in [6, 6.07) is 13.9. The van der Waals surface area contributed by atoms with Crippen molar-refractivity contribution < 1.29 is 14.0 Å². The van der Waals surface area contributed by atoms with Crippen molar-refractivity contribution in [1.29, 1.82) is 0 Å². The van der Waals surface area contributed by atoms with Gasteiger partial charge in [0, 0.05) is 54.9 Å². The number of amides is 2. The molecule has 0 aliphatic carbocycles. The Labute approximate surface area is 179 Å². The minimum absolute atomic E-state index is 0.0372. The standard InChI is InChI=1S/C22H25BrFN3O2/c1-16(13-21(28)25-19-4-2-3-17(23)15-19)14-22(29)27-11-9-26(10-12-27)20-7-5-18(24)6-8-20/h2-8,15-16H,9-14H2,1H3,(H,25,28). The van der Waals surface area contributed by atoms with Crippen molar-refractivity contribution in [1.82, 2.24) is 4.90 Å². The number of hydrogen-bond donors (Lipinski definition) is 1. The number of piperazine rings is 1. The van der Waals surface area contributed by atoms with Crippen LogP contribution in [-0.2, 0) is 9.59 Å². The van der Waals surface area contributed by atoms with Crippen molar-refractivity contribution in [3.63, 3.8) is 0 Å². The fraction of sp³-hybridized carbons (Fsp3) is 0.364. The van der Waals surface area contributed by atoms with Gasteiger partial charge in [-0.25, -0.2) is 4.39 Å². The lowest BCUT2D eigenvalue weighted by Gasteiger charge is -2.36. The Morgan fingerprint density at radius 1 is 1.07 bits per heavy atom. The third-order valence-corrected chi connectivity index (χ3v) is 5.48. The minimum atomic E-state index is -0.250. The summed E-state index contributed by atoms with van der Waals surface area (Å²) in [5, 5.41) is 2.87. The molecule has 1 aliphatic heterocycles. The normalized spacial score (nSPS) is 15.1. The fourth-order valence-corrected chi connectivity index (χ4v) is 3.86. The highest BCUT2D eigenvalue weighted by molar-refractivity contribution is 9.10. The molecule has 0 aromatic heterocycles. The van der Waals surface area contributed by atoms with Crippen molar-refractivity contribution in [2.24, 2.45) is 5.92 Å². The van der Waals surface area contributed by atoms with Crippen molar-refractivity contribution in [2.75, 3.05) is 36.4 Å². The fourth-order valence-electron chi connectivity index (χ4n) is 3.46. The van der Waals surface area contributed by atoms with Crippen molar-refractivity contribution in [3.8, 4) is 0 Å². The van der Waals surface area contributed by atoms with Gasteiger partial charge in [-0.15, -0.1) is 0 Å². The van der Waals surface area contributed by atoms with Crippen LogP contribution in [0.5, 0.6) is 0 Å². The van der Waals surface area contributed by atoms with Crippen LogP contribution in [0.15, 0.2) is 53.0 Å². The molecule has 0 bridgehead atoms. The number of benzene rings is 2. The summed E-state index contributed by atoms with van der Waals surface area (Å²) in [5.41, 5.74) is 1.70. The second-order valence-electron chi connectivity index (χ2n) is 7.42. The van der Waals surface area contributed by atoms with Crippen molar-refractivity contribution in [2.45, 2.75) is 19.8 Å². The first-order valence-corrected chi connectivity index (χ1v) is 10.5. The Morgan fingerprint density at radius 3 is 2.41 bits per heavy atom. The van der Waals surface area contributed by atoms with Gasteiger partial charge in [0.15, 0.2) is 0 Å². The molecule has 1 atom stereocenters. The van der Waals surface area contributed by atoms with E-state index in [9.17, 15) is 14.0 Å². The van der Waals surface area contributed by atoms with Gasteiger partial charge in [0.2, 0.25) is 11.8 Å². The maximum atomic E-state index is 13.1. The summed E-state index contributed by atoms with van der Waals surface area (Å²) in [7, 11) is 0. The summed E-state index contributed by atoms with van der Waals surface area (Å²) in [6.45, 7) is 4.62. The van der Waals surface area contributed by atoms with Crippen LogP contribution in [0.2, 0.25) is 0 Å². The smallest absolute Gasteiger partial charge is 0.224 e. The maximum Gasteiger partial charge on any atom is 0.224 e. The highest BCUT2D eigenvalue weighted by atomic mass is 79.9. The highest BCUT2D eigenvalue weighted by Crippen LogP contribution is 2.19. The molecule has 0 saturated carbocycles. The number of anilines is 2. The van der Waals surface area contributed by atoms with E-state index >= 15 is 0 Å². The largest absolute Gasteiger partial charge is 0.368 e. The third kappa shape index (κ3) is 6.29. The predicted molar refractivity (Wildman–Crippen MR) is 116 cm³/mol. The van der Waals surface area contributed by atoms with Gasteiger partial charge in [-0.1, -0.05) is 28.9 Å². The number of carbonyl (C=O) groups excluding carboxylic acids is 2. The minimum Gasteiger partial charge on any atom is -0.368 e. The van der Waals surface area contributed by atoms with E-state index in [1.807, 2.05) is 36.1 Å². The third-order valence-electron chi connectivity index (χ3n) is 4.99. The molecule has 2 amide bonds. The second-order valence-corrected chi connectivity index (χ2v) is 8.33. The van der Waals surface area contributed by atoms with E-state index in [2.05, 4.69) is 26.1 Å². The average Bonchev–Trinajstić information content (AvgIpc) is 2.68. The number of halogens is 2. The number of hydrogen-bond acceptors (Lipinski definition) is 3. The maximum absolute atomic E-state index is 13.1. The molecular weight excluding hydrogens is 437 g/mol. The van der Waals surface area contributed by atoms with E-state index in [-0.39, 0.29) is 23.5 Å². The molecule has 3 rings (SSSR count). The molecule has 2 aromatic rings. The van der Waals surface area contributed by atoms with Gasteiger partial charge < -0.3 is 15.1 Å². The number of nitrogens with one attached hydrogen (secondary N) is 1. The SMILES string of the molecule is CC(CC(=O)Nc1cccc(Br)c1)CC(=O)N1CCN(c2ccc(F)cc2)CC1. The molecule has 0 radical (unpaired) electrons. The lowest BCUT2D eigenvalue weighted by Crippen LogP contribution is -2.49. The number of rotatable bonds is 6. The average molecular weight is 462 g/mol. The Bertz CT molecular complexity index is 851. The number of carbonyl (C=O) groups is 2. The molecule has 1 N–H and O–H groups in total. The molecule has 2 aromatic carbocycles. The van der Waals surface area contributed by atoms with Gasteiger partial charge in [-0.05, 0) is 48.4 Å². The molecule has 1 heterocycles. The van der Waals surface area contributed by atoms with Crippen LogP contribution >= 0.6 is 15.9 Å². The molecular formula is C22H25BrFN3O2. The van der Waals surface area contributed by atoms with Gasteiger partial charge in [0.05, 0.1) is 0 Å². The Hall–Kier alpha value is -2.41. The van der Waals surface area contributed by atoms with E-state index in [1.165, 1.54) is 12.1 Å². The van der Waals surface area contributed by atoms with Crippen molar-refractivity contribution >= 4 is 39.1 Å². The van der Waals surface area contributed by atoms with E-state index < -0.39 is 0 Å². The highest BCUT2D eigenvalue weighted by Gasteiger charge is 2.23. The van der Waals surface area contributed by atoms with Gasteiger partial charge in [-0.3, -0.25) is 9.59 Å². The van der Waals surface area contributed by atoms with Gasteiger partial charge in [0.25, 0.3) is 0 Å². The number of nitrogens with zero attached hydrogens (tertiary/aromatic N) is 2. The lowest BCUT2D eigenvalue weighted by atomic mass is 10.0. The van der Waals surface area contributed by atoms with Crippen LogP contribution in [0.25, 0.3) is 0 Å². The topological polar surface area (TPSA) is 52.7 Å². The lowest BCUT2D eigenvalue weighted by molar-refractivity contribution is -0.132. The monoisotopic (exact) mass is 461 g/mol. The van der Waals surface area contributed by atoms with E-state index in [1.54, 1.807) is 12.1 Å². The molecule has 1 unspecified atom stereocenters. The van der Waals surface area contributed by atoms with Gasteiger partial charge in [-0.2, -0.15) is 0 Å². The molecule has 7 heteroatoms. The predicted octanol–water partition coefficient (Wildman–Crippen LogP) is 4.29. The molecule has 1 fully saturated rings. The Kier molecular flexibility index (Phi) is 7.25. The van der Waals surface area contributed by atoms with Gasteiger partial charge in [0.1, 0.15) is 5.82 Å². The summed E-state index contributed by atoms with van der Waals surface area (Å²) >= 11 is 3.38. The molecule has 0 spiro atoms. The first kappa shape index (κ1) is 21.3. The van der Waals surface area contributed by atoms with E-state index in [4.69, 9.17) is 0 Å². The summed E-state index contributed by atoms with van der Waals surface area (Å²) in [4.78, 5) is 28.8. The molecule has 1 aliphatic rings. The first-order chi connectivity index (χ1) is 13.9. The summed E-state index contributed by atoms with van der Waals surface area (Å²) in [5.74, 6) is -0.304. The van der Waals surface area contributed by atoms with Crippen LogP contribution in [0.1, 0.15) is 19.8 Å². The summed E-state index contributed by atoms with van der Waals surface area (Å²) < 4.78 is 14.0. The van der Waals surface area contributed by atoms with Crippen molar-refractivity contribution in [3.05, 3.63) is 58.8 Å². The Balaban J connectivity index is 1.43.